The van der Waals surface area contributed by atoms with Crippen LogP contribution in [0.3, 0.4) is 0 Å². The molecule has 0 amide bonds. The predicted octanol–water partition coefficient (Wildman–Crippen LogP) is 1.24. The highest BCUT2D eigenvalue weighted by Crippen LogP contribution is 2.25. The molecule has 0 aromatic heterocycles. The van der Waals surface area contributed by atoms with Gasteiger partial charge < -0.3 is 4.74 Å². The number of benzene rings is 1. The smallest absolute Gasteiger partial charge is 0.241 e. The highest BCUT2D eigenvalue weighted by atomic mass is 79.9. The fourth-order valence-corrected chi connectivity index (χ4v) is 5.53. The lowest BCUT2D eigenvalue weighted by molar-refractivity contribution is -0.0671. The van der Waals surface area contributed by atoms with Crippen molar-refractivity contribution in [1.82, 2.24) is 9.62 Å². The molecule has 1 N–H and O–H groups in total. The van der Waals surface area contributed by atoms with Crippen LogP contribution in [0.5, 0.6) is 0 Å². The Labute approximate surface area is 157 Å². The first-order valence-electron chi connectivity index (χ1n) is 7.86. The van der Waals surface area contributed by atoms with Gasteiger partial charge in [-0.2, -0.15) is 0 Å². The van der Waals surface area contributed by atoms with Gasteiger partial charge in [0.25, 0.3) is 0 Å². The van der Waals surface area contributed by atoms with E-state index in [9.17, 15) is 16.8 Å². The summed E-state index contributed by atoms with van der Waals surface area (Å²) in [4.78, 5) is 2.02. The van der Waals surface area contributed by atoms with Crippen molar-refractivity contribution in [3.05, 3.63) is 22.7 Å². The maximum Gasteiger partial charge on any atom is 0.241 e. The van der Waals surface area contributed by atoms with E-state index < -0.39 is 19.9 Å². The van der Waals surface area contributed by atoms with Gasteiger partial charge in [0.1, 0.15) is 0 Å². The minimum absolute atomic E-state index is 0.0353. The second-order valence-corrected chi connectivity index (χ2v) is 10.9. The third kappa shape index (κ3) is 5.73. The molecular formula is C15H23BrN2O5S2. The molecule has 0 radical (unpaired) electrons. The van der Waals surface area contributed by atoms with E-state index in [1.165, 1.54) is 18.2 Å². The van der Waals surface area contributed by atoms with Gasteiger partial charge in [0.15, 0.2) is 9.84 Å². The normalized spacial score (nSPS) is 22.9. The summed E-state index contributed by atoms with van der Waals surface area (Å²) in [5.74, 6) is 0. The minimum Gasteiger partial charge on any atom is -0.373 e. The zero-order valence-electron chi connectivity index (χ0n) is 14.4. The van der Waals surface area contributed by atoms with Crippen molar-refractivity contribution < 1.29 is 21.6 Å². The predicted molar refractivity (Wildman–Crippen MR) is 98.9 cm³/mol. The maximum absolute atomic E-state index is 12.5. The summed E-state index contributed by atoms with van der Waals surface area (Å²) in [6.45, 7) is 6.26. The van der Waals surface area contributed by atoms with E-state index in [4.69, 9.17) is 4.74 Å². The van der Waals surface area contributed by atoms with Crippen LogP contribution in [-0.4, -0.2) is 66.4 Å². The Morgan fingerprint density at radius 2 is 1.80 bits per heavy atom. The number of morpholine rings is 1. The van der Waals surface area contributed by atoms with Gasteiger partial charge in [0.05, 0.1) is 22.0 Å². The fraction of sp³-hybridized carbons (Fsp3) is 0.600. The lowest BCUT2D eigenvalue weighted by Gasteiger charge is -2.35. The fourth-order valence-electron chi connectivity index (χ4n) is 2.80. The number of nitrogens with one attached hydrogen (secondary N) is 1. The summed E-state index contributed by atoms with van der Waals surface area (Å²) >= 11 is 3.18. The summed E-state index contributed by atoms with van der Waals surface area (Å²) in [6.07, 6.45) is 1.27. The Morgan fingerprint density at radius 1 is 1.20 bits per heavy atom. The number of halogens is 1. The van der Waals surface area contributed by atoms with Crippen molar-refractivity contribution in [3.8, 4) is 0 Å². The lowest BCUT2D eigenvalue weighted by Crippen LogP contribution is -2.47. The molecule has 1 aromatic rings. The van der Waals surface area contributed by atoms with Crippen molar-refractivity contribution in [2.75, 3.05) is 32.4 Å². The second kappa shape index (κ2) is 8.01. The van der Waals surface area contributed by atoms with Crippen molar-refractivity contribution in [3.63, 3.8) is 0 Å². The molecule has 1 aliphatic rings. The van der Waals surface area contributed by atoms with Gasteiger partial charge in [0, 0.05) is 36.9 Å². The van der Waals surface area contributed by atoms with Crippen LogP contribution >= 0.6 is 15.9 Å². The molecule has 1 fully saturated rings. The van der Waals surface area contributed by atoms with Crippen LogP contribution < -0.4 is 4.72 Å². The van der Waals surface area contributed by atoms with Crippen LogP contribution in [0.2, 0.25) is 0 Å². The van der Waals surface area contributed by atoms with Crippen LogP contribution in [-0.2, 0) is 24.6 Å². The molecule has 0 bridgehead atoms. The number of hydrogen-bond acceptors (Lipinski definition) is 6. The Kier molecular flexibility index (Phi) is 6.66. The molecular weight excluding hydrogens is 432 g/mol. The second-order valence-electron chi connectivity index (χ2n) is 6.28. The Bertz CT molecular complexity index is 816. The maximum atomic E-state index is 12.5. The van der Waals surface area contributed by atoms with E-state index >= 15 is 0 Å². The Hall–Kier alpha value is -0.520. The molecule has 0 saturated carbocycles. The molecule has 1 aliphatic heterocycles. The third-order valence-electron chi connectivity index (χ3n) is 3.84. The molecule has 0 aliphatic carbocycles. The Balaban J connectivity index is 2.07. The molecule has 0 spiro atoms. The molecule has 1 saturated heterocycles. The molecule has 1 aromatic carbocycles. The lowest BCUT2D eigenvalue weighted by atomic mass is 10.2. The quantitative estimate of drug-likeness (QED) is 0.694. The van der Waals surface area contributed by atoms with Crippen molar-refractivity contribution in [2.45, 2.75) is 35.8 Å². The van der Waals surface area contributed by atoms with Crippen LogP contribution in [0.1, 0.15) is 13.8 Å². The molecule has 7 nitrogen and oxygen atoms in total. The van der Waals surface area contributed by atoms with Crippen LogP contribution in [0.4, 0.5) is 0 Å². The van der Waals surface area contributed by atoms with Crippen molar-refractivity contribution >= 4 is 35.8 Å². The zero-order chi connectivity index (χ0) is 18.8. The van der Waals surface area contributed by atoms with Crippen LogP contribution in [0.15, 0.2) is 32.5 Å². The number of nitrogens with zero attached hydrogens (tertiary/aromatic N) is 1. The van der Waals surface area contributed by atoms with Gasteiger partial charge in [-0.25, -0.2) is 21.6 Å². The van der Waals surface area contributed by atoms with Crippen LogP contribution in [0, 0.1) is 0 Å². The monoisotopic (exact) mass is 454 g/mol. The van der Waals surface area contributed by atoms with E-state index in [1.54, 1.807) is 0 Å². The number of sulfonamides is 1. The van der Waals surface area contributed by atoms with E-state index in [2.05, 4.69) is 25.6 Å². The molecule has 25 heavy (non-hydrogen) atoms. The van der Waals surface area contributed by atoms with Crippen molar-refractivity contribution in [2.24, 2.45) is 0 Å². The van der Waals surface area contributed by atoms with Gasteiger partial charge >= 0.3 is 0 Å². The van der Waals surface area contributed by atoms with Crippen molar-refractivity contribution in [1.29, 1.82) is 0 Å². The molecule has 2 atom stereocenters. The van der Waals surface area contributed by atoms with Gasteiger partial charge in [0.2, 0.25) is 10.0 Å². The summed E-state index contributed by atoms with van der Waals surface area (Å²) in [6, 6.07) is 3.96. The van der Waals surface area contributed by atoms with E-state index in [1.807, 2.05) is 13.8 Å². The topological polar surface area (TPSA) is 92.8 Å². The third-order valence-corrected chi connectivity index (χ3v) is 7.40. The first kappa shape index (κ1) is 20.8. The van der Waals surface area contributed by atoms with Gasteiger partial charge in [-0.05, 0) is 48.0 Å². The summed E-state index contributed by atoms with van der Waals surface area (Å²) < 4.78 is 56.9. The molecule has 2 unspecified atom stereocenters. The summed E-state index contributed by atoms with van der Waals surface area (Å²) in [5, 5.41) is 0. The van der Waals surface area contributed by atoms with Crippen LogP contribution in [0.25, 0.3) is 0 Å². The largest absolute Gasteiger partial charge is 0.373 e. The Morgan fingerprint density at radius 3 is 2.36 bits per heavy atom. The summed E-state index contributed by atoms with van der Waals surface area (Å²) in [7, 11) is -7.31. The molecule has 1 heterocycles. The number of sulfone groups is 1. The molecule has 142 valence electrons. The number of rotatable bonds is 6. The number of ether oxygens (including phenoxy) is 1. The zero-order valence-corrected chi connectivity index (χ0v) is 17.6. The van der Waals surface area contributed by atoms with E-state index in [0.29, 0.717) is 11.0 Å². The van der Waals surface area contributed by atoms with E-state index in [-0.39, 0.29) is 28.5 Å². The first-order chi connectivity index (χ1) is 11.5. The highest BCUT2D eigenvalue weighted by Gasteiger charge is 2.24. The molecule has 10 heteroatoms. The highest BCUT2D eigenvalue weighted by molar-refractivity contribution is 9.10. The van der Waals surface area contributed by atoms with Gasteiger partial charge in [-0.1, -0.05) is 0 Å². The van der Waals surface area contributed by atoms with E-state index in [0.717, 1.165) is 19.3 Å². The number of hydrogen-bond donors (Lipinski definition) is 1. The average molecular weight is 455 g/mol. The summed E-state index contributed by atoms with van der Waals surface area (Å²) in [5.41, 5.74) is 0. The first-order valence-corrected chi connectivity index (χ1v) is 12.0. The minimum atomic E-state index is -3.82. The standard InChI is InChI=1S/C15H23BrN2O5S2/c1-11-9-18(10-12(2)23-11)7-6-17-25(21,22)15-8-13(24(3,19)20)4-5-14(15)16/h4-5,8,11-12,17H,6-7,9-10H2,1-3H3. The average Bonchev–Trinajstić information content (AvgIpc) is 2.45. The SMILES string of the molecule is CC1CN(CCNS(=O)(=O)c2cc(S(C)(=O)=O)ccc2Br)CC(C)O1. The van der Waals surface area contributed by atoms with Gasteiger partial charge in [-0.3, -0.25) is 4.90 Å². The van der Waals surface area contributed by atoms with Gasteiger partial charge in [-0.15, -0.1) is 0 Å². The molecule has 2 rings (SSSR count).